The molecule has 0 atom stereocenters. The van der Waals surface area contributed by atoms with Crippen LogP contribution in [0.25, 0.3) is 5.52 Å². The molecule has 19 heavy (non-hydrogen) atoms. The summed E-state index contributed by atoms with van der Waals surface area (Å²) in [6, 6.07) is 4.03. The van der Waals surface area contributed by atoms with E-state index in [1.165, 1.54) is 11.1 Å². The van der Waals surface area contributed by atoms with Crippen molar-refractivity contribution in [1.82, 2.24) is 19.6 Å². The fraction of sp³-hybridized carbons (Fsp3) is 0.214. The molecule has 0 aliphatic rings. The third-order valence-corrected chi connectivity index (χ3v) is 3.11. The third-order valence-electron chi connectivity index (χ3n) is 3.11. The average molecular weight is 253 g/mol. The van der Waals surface area contributed by atoms with E-state index >= 15 is 0 Å². The lowest BCUT2D eigenvalue weighted by molar-refractivity contribution is 0.919. The van der Waals surface area contributed by atoms with E-state index < -0.39 is 0 Å². The molecule has 0 radical (unpaired) electrons. The molecule has 0 aliphatic carbocycles. The van der Waals surface area contributed by atoms with Gasteiger partial charge in [0.15, 0.2) is 5.82 Å². The predicted octanol–water partition coefficient (Wildman–Crippen LogP) is 2.35. The van der Waals surface area contributed by atoms with Crippen LogP contribution in [0.15, 0.2) is 36.9 Å². The second-order valence-corrected chi connectivity index (χ2v) is 4.55. The molecule has 0 amide bonds. The molecular formula is C14H15N5. The molecule has 96 valence electrons. The van der Waals surface area contributed by atoms with Gasteiger partial charge >= 0.3 is 0 Å². The number of hydrogen-bond acceptors (Lipinski definition) is 4. The largest absolute Gasteiger partial charge is 0.364 e. The zero-order valence-electron chi connectivity index (χ0n) is 11.0. The maximum absolute atomic E-state index is 4.37. The van der Waals surface area contributed by atoms with Crippen LogP contribution in [0.3, 0.4) is 0 Å². The van der Waals surface area contributed by atoms with E-state index in [0.717, 1.165) is 17.0 Å². The number of nitrogens with one attached hydrogen (secondary N) is 1. The van der Waals surface area contributed by atoms with Crippen LogP contribution in [0, 0.1) is 13.8 Å². The van der Waals surface area contributed by atoms with Gasteiger partial charge in [-0.2, -0.15) is 5.10 Å². The van der Waals surface area contributed by atoms with Crippen molar-refractivity contribution in [2.24, 2.45) is 0 Å². The fourth-order valence-corrected chi connectivity index (χ4v) is 2.04. The second kappa shape index (κ2) is 4.68. The van der Waals surface area contributed by atoms with E-state index in [9.17, 15) is 0 Å². The molecule has 0 fully saturated rings. The van der Waals surface area contributed by atoms with Crippen molar-refractivity contribution < 1.29 is 0 Å². The highest BCUT2D eigenvalue weighted by Gasteiger charge is 2.05. The quantitative estimate of drug-likeness (QED) is 0.778. The van der Waals surface area contributed by atoms with Gasteiger partial charge in [-0.15, -0.1) is 0 Å². The standard InChI is InChI=1S/C14H15N5/c1-10-3-4-15-8-12(10)9-17-14-13-7-11(2)18-19(13)6-5-16-14/h3-8H,9H2,1-2H3,(H,16,17). The van der Waals surface area contributed by atoms with E-state index in [2.05, 4.69) is 27.3 Å². The Bertz CT molecular complexity index is 717. The summed E-state index contributed by atoms with van der Waals surface area (Å²) in [6.07, 6.45) is 7.28. The Balaban J connectivity index is 1.88. The van der Waals surface area contributed by atoms with Crippen molar-refractivity contribution in [2.75, 3.05) is 5.32 Å². The van der Waals surface area contributed by atoms with Crippen LogP contribution in [0.5, 0.6) is 0 Å². The van der Waals surface area contributed by atoms with Crippen molar-refractivity contribution in [3.05, 3.63) is 53.7 Å². The Morgan fingerprint density at radius 3 is 3.00 bits per heavy atom. The minimum absolute atomic E-state index is 0.705. The molecule has 5 nitrogen and oxygen atoms in total. The molecule has 5 heteroatoms. The van der Waals surface area contributed by atoms with E-state index in [4.69, 9.17) is 0 Å². The lowest BCUT2D eigenvalue weighted by atomic mass is 10.1. The number of anilines is 1. The number of hydrogen-bond donors (Lipinski definition) is 1. The number of fused-ring (bicyclic) bond motifs is 1. The number of nitrogens with zero attached hydrogens (tertiary/aromatic N) is 4. The van der Waals surface area contributed by atoms with Gasteiger partial charge in [-0.05, 0) is 37.1 Å². The Morgan fingerprint density at radius 1 is 1.26 bits per heavy atom. The molecule has 3 heterocycles. The van der Waals surface area contributed by atoms with Gasteiger partial charge in [0, 0.05) is 31.3 Å². The lowest BCUT2D eigenvalue weighted by Crippen LogP contribution is -2.05. The zero-order valence-corrected chi connectivity index (χ0v) is 11.0. The van der Waals surface area contributed by atoms with Crippen LogP contribution in [0.2, 0.25) is 0 Å². The number of rotatable bonds is 3. The minimum Gasteiger partial charge on any atom is -0.364 e. The molecule has 0 spiro atoms. The Hall–Kier alpha value is -2.43. The molecule has 0 saturated heterocycles. The van der Waals surface area contributed by atoms with E-state index in [-0.39, 0.29) is 0 Å². The molecule has 1 N–H and O–H groups in total. The van der Waals surface area contributed by atoms with Crippen molar-refractivity contribution in [2.45, 2.75) is 20.4 Å². The van der Waals surface area contributed by atoms with E-state index in [1.54, 1.807) is 12.4 Å². The topological polar surface area (TPSA) is 55.1 Å². The fourth-order valence-electron chi connectivity index (χ4n) is 2.04. The van der Waals surface area contributed by atoms with Crippen LogP contribution in [-0.2, 0) is 6.54 Å². The van der Waals surface area contributed by atoms with Gasteiger partial charge in [0.05, 0.1) is 5.69 Å². The van der Waals surface area contributed by atoms with Gasteiger partial charge in [0.2, 0.25) is 0 Å². The summed E-state index contributed by atoms with van der Waals surface area (Å²) in [6.45, 7) is 4.76. The highest BCUT2D eigenvalue weighted by Crippen LogP contribution is 2.16. The highest BCUT2D eigenvalue weighted by molar-refractivity contribution is 5.67. The maximum Gasteiger partial charge on any atom is 0.152 e. The molecule has 0 aliphatic heterocycles. The smallest absolute Gasteiger partial charge is 0.152 e. The van der Waals surface area contributed by atoms with Crippen LogP contribution >= 0.6 is 0 Å². The normalized spacial score (nSPS) is 10.8. The Morgan fingerprint density at radius 2 is 2.16 bits per heavy atom. The summed E-state index contributed by atoms with van der Waals surface area (Å²) in [4.78, 5) is 8.52. The maximum atomic E-state index is 4.37. The third kappa shape index (κ3) is 2.27. The first-order valence-electron chi connectivity index (χ1n) is 6.18. The number of pyridine rings is 1. The Kier molecular flexibility index (Phi) is 2.87. The van der Waals surface area contributed by atoms with Crippen molar-refractivity contribution in [3.8, 4) is 0 Å². The van der Waals surface area contributed by atoms with Crippen LogP contribution < -0.4 is 5.32 Å². The second-order valence-electron chi connectivity index (χ2n) is 4.55. The first-order valence-corrected chi connectivity index (χ1v) is 6.18. The summed E-state index contributed by atoms with van der Waals surface area (Å²) >= 11 is 0. The minimum atomic E-state index is 0.705. The molecule has 3 aromatic rings. The monoisotopic (exact) mass is 253 g/mol. The average Bonchev–Trinajstić information content (AvgIpc) is 2.78. The highest BCUT2D eigenvalue weighted by atomic mass is 15.2. The van der Waals surface area contributed by atoms with Crippen molar-refractivity contribution >= 4 is 11.3 Å². The molecule has 0 aromatic carbocycles. The SMILES string of the molecule is Cc1cc2c(NCc3cnccc3C)nccn2n1. The van der Waals surface area contributed by atoms with Gasteiger partial charge in [0.1, 0.15) is 5.52 Å². The zero-order chi connectivity index (χ0) is 13.2. The van der Waals surface area contributed by atoms with E-state index in [0.29, 0.717) is 6.54 Å². The summed E-state index contributed by atoms with van der Waals surface area (Å²) in [5, 5.41) is 7.72. The van der Waals surface area contributed by atoms with Crippen LogP contribution in [0.4, 0.5) is 5.82 Å². The van der Waals surface area contributed by atoms with Gasteiger partial charge in [0.25, 0.3) is 0 Å². The summed E-state index contributed by atoms with van der Waals surface area (Å²) in [5.74, 6) is 0.839. The van der Waals surface area contributed by atoms with Crippen LogP contribution in [0.1, 0.15) is 16.8 Å². The summed E-state index contributed by atoms with van der Waals surface area (Å²) < 4.78 is 1.83. The van der Waals surface area contributed by atoms with Gasteiger partial charge < -0.3 is 5.32 Å². The predicted molar refractivity (Wildman–Crippen MR) is 74.0 cm³/mol. The number of aryl methyl sites for hydroxylation is 2. The molecular weight excluding hydrogens is 238 g/mol. The van der Waals surface area contributed by atoms with Gasteiger partial charge in [-0.1, -0.05) is 0 Å². The first kappa shape index (κ1) is 11.6. The summed E-state index contributed by atoms with van der Waals surface area (Å²) in [7, 11) is 0. The summed E-state index contributed by atoms with van der Waals surface area (Å²) in [5.41, 5.74) is 4.36. The van der Waals surface area contributed by atoms with Gasteiger partial charge in [-0.3, -0.25) is 4.98 Å². The van der Waals surface area contributed by atoms with Crippen LogP contribution in [-0.4, -0.2) is 19.6 Å². The van der Waals surface area contributed by atoms with E-state index in [1.807, 2.05) is 36.0 Å². The molecule has 0 bridgehead atoms. The molecule has 0 unspecified atom stereocenters. The number of aromatic nitrogens is 4. The lowest BCUT2D eigenvalue weighted by Gasteiger charge is -2.08. The first-order chi connectivity index (χ1) is 9.24. The van der Waals surface area contributed by atoms with Crippen molar-refractivity contribution in [1.29, 1.82) is 0 Å². The van der Waals surface area contributed by atoms with Crippen molar-refractivity contribution in [3.63, 3.8) is 0 Å². The molecule has 0 saturated carbocycles. The van der Waals surface area contributed by atoms with Gasteiger partial charge in [-0.25, -0.2) is 9.50 Å². The molecule has 3 aromatic heterocycles. The Labute approximate surface area is 111 Å². The molecule has 3 rings (SSSR count).